The lowest BCUT2D eigenvalue weighted by atomic mass is 10.2. The molecule has 0 aliphatic heterocycles. The molecule has 2 N–H and O–H groups in total. The van der Waals surface area contributed by atoms with Crippen molar-refractivity contribution in [2.45, 2.75) is 13.3 Å². The third kappa shape index (κ3) is 2.28. The summed E-state index contributed by atoms with van der Waals surface area (Å²) >= 11 is 5.07. The summed E-state index contributed by atoms with van der Waals surface area (Å²) in [7, 11) is 0. The maximum absolute atomic E-state index is 5.73. The molecule has 0 amide bonds. The van der Waals surface area contributed by atoms with Gasteiger partial charge in [0.1, 0.15) is 11.3 Å². The zero-order valence-electron chi connectivity index (χ0n) is 11.1. The van der Waals surface area contributed by atoms with Crippen LogP contribution in [0.3, 0.4) is 0 Å². The molecule has 3 aromatic heterocycles. The number of imidazole rings is 1. The lowest BCUT2D eigenvalue weighted by molar-refractivity contribution is 1.06. The van der Waals surface area contributed by atoms with Crippen molar-refractivity contribution >= 4 is 22.9 Å². The quantitative estimate of drug-likeness (QED) is 0.750. The van der Waals surface area contributed by atoms with E-state index in [4.69, 9.17) is 18.0 Å². The molecule has 3 heterocycles. The van der Waals surface area contributed by atoms with Crippen molar-refractivity contribution in [3.63, 3.8) is 0 Å². The Labute approximate surface area is 122 Å². The van der Waals surface area contributed by atoms with Crippen LogP contribution in [0.4, 0.5) is 0 Å². The van der Waals surface area contributed by atoms with E-state index in [-0.39, 0.29) is 0 Å². The SMILES string of the molecule is Cc1ccc2nc(-c3ccccn3)c(CC(N)=S)n2c1. The third-order valence-electron chi connectivity index (χ3n) is 3.11. The number of nitrogens with zero attached hydrogens (tertiary/aromatic N) is 3. The van der Waals surface area contributed by atoms with E-state index in [9.17, 15) is 0 Å². The average Bonchev–Trinajstić information content (AvgIpc) is 2.77. The number of rotatable bonds is 3. The van der Waals surface area contributed by atoms with Crippen LogP contribution in [-0.2, 0) is 6.42 Å². The van der Waals surface area contributed by atoms with Crippen LogP contribution >= 0.6 is 12.2 Å². The lowest BCUT2D eigenvalue weighted by Gasteiger charge is -2.04. The fourth-order valence-corrected chi connectivity index (χ4v) is 2.38. The summed E-state index contributed by atoms with van der Waals surface area (Å²) in [5, 5.41) is 0. The van der Waals surface area contributed by atoms with Crippen molar-refractivity contribution < 1.29 is 0 Å². The first-order chi connectivity index (χ1) is 9.65. The Morgan fingerprint density at radius 3 is 2.85 bits per heavy atom. The largest absolute Gasteiger partial charge is 0.393 e. The maximum atomic E-state index is 5.73. The van der Waals surface area contributed by atoms with Crippen LogP contribution in [0.5, 0.6) is 0 Å². The van der Waals surface area contributed by atoms with Gasteiger partial charge in [-0.3, -0.25) is 4.98 Å². The molecule has 4 nitrogen and oxygen atoms in total. The highest BCUT2D eigenvalue weighted by Gasteiger charge is 2.15. The molecule has 0 unspecified atom stereocenters. The van der Waals surface area contributed by atoms with Gasteiger partial charge in [-0.05, 0) is 30.7 Å². The summed E-state index contributed by atoms with van der Waals surface area (Å²) in [5.41, 5.74) is 10.4. The highest BCUT2D eigenvalue weighted by Crippen LogP contribution is 2.23. The second kappa shape index (κ2) is 5.02. The summed E-state index contributed by atoms with van der Waals surface area (Å²) in [4.78, 5) is 9.49. The molecule has 0 fully saturated rings. The van der Waals surface area contributed by atoms with Crippen molar-refractivity contribution in [3.8, 4) is 11.4 Å². The molecular formula is C15H14N4S. The molecule has 0 bridgehead atoms. The van der Waals surface area contributed by atoms with Gasteiger partial charge in [0.05, 0.1) is 16.4 Å². The molecule has 0 aliphatic carbocycles. The van der Waals surface area contributed by atoms with Gasteiger partial charge in [-0.2, -0.15) is 0 Å². The fourth-order valence-electron chi connectivity index (χ4n) is 2.24. The van der Waals surface area contributed by atoms with Crippen LogP contribution in [-0.4, -0.2) is 19.4 Å². The number of pyridine rings is 2. The number of hydrogen-bond acceptors (Lipinski definition) is 3. The number of fused-ring (bicyclic) bond motifs is 1. The van der Waals surface area contributed by atoms with Crippen LogP contribution in [0, 0.1) is 6.92 Å². The molecule has 100 valence electrons. The Morgan fingerprint density at radius 2 is 2.15 bits per heavy atom. The molecule has 0 saturated heterocycles. The van der Waals surface area contributed by atoms with Crippen LogP contribution in [0.1, 0.15) is 11.3 Å². The second-order valence-electron chi connectivity index (χ2n) is 4.70. The van der Waals surface area contributed by atoms with Gasteiger partial charge in [-0.25, -0.2) is 4.98 Å². The number of aryl methyl sites for hydroxylation is 1. The van der Waals surface area contributed by atoms with Crippen molar-refractivity contribution in [1.82, 2.24) is 14.4 Å². The van der Waals surface area contributed by atoms with Gasteiger partial charge in [0.25, 0.3) is 0 Å². The van der Waals surface area contributed by atoms with Crippen LogP contribution < -0.4 is 5.73 Å². The summed E-state index contributed by atoms with van der Waals surface area (Å²) in [6, 6.07) is 9.80. The maximum Gasteiger partial charge on any atom is 0.137 e. The average molecular weight is 282 g/mol. The molecule has 0 saturated carbocycles. The predicted molar refractivity (Wildman–Crippen MR) is 83.6 cm³/mol. The van der Waals surface area contributed by atoms with E-state index >= 15 is 0 Å². The minimum absolute atomic E-state index is 0.450. The Balaban J connectivity index is 2.28. The molecule has 0 spiro atoms. The van der Waals surface area contributed by atoms with Crippen molar-refractivity contribution in [2.75, 3.05) is 0 Å². The van der Waals surface area contributed by atoms with E-state index in [1.54, 1.807) is 6.20 Å². The number of aromatic nitrogens is 3. The van der Waals surface area contributed by atoms with Gasteiger partial charge in [-0.1, -0.05) is 24.4 Å². The summed E-state index contributed by atoms with van der Waals surface area (Å²) in [5.74, 6) is 0. The number of nitrogens with two attached hydrogens (primary N) is 1. The summed E-state index contributed by atoms with van der Waals surface area (Å²) in [6.45, 7) is 2.05. The van der Waals surface area contributed by atoms with E-state index in [1.165, 1.54) is 0 Å². The monoisotopic (exact) mass is 282 g/mol. The Bertz CT molecular complexity index is 777. The molecule has 3 aromatic rings. The van der Waals surface area contributed by atoms with Crippen LogP contribution in [0.25, 0.3) is 17.0 Å². The van der Waals surface area contributed by atoms with Gasteiger partial charge in [0.15, 0.2) is 0 Å². The normalized spacial score (nSPS) is 10.8. The first-order valence-corrected chi connectivity index (χ1v) is 6.73. The predicted octanol–water partition coefficient (Wildman–Crippen LogP) is 2.53. The first-order valence-electron chi connectivity index (χ1n) is 6.32. The minimum atomic E-state index is 0.450. The molecule has 3 rings (SSSR count). The highest BCUT2D eigenvalue weighted by atomic mass is 32.1. The second-order valence-corrected chi connectivity index (χ2v) is 5.22. The van der Waals surface area contributed by atoms with Crippen LogP contribution in [0.2, 0.25) is 0 Å². The van der Waals surface area contributed by atoms with E-state index in [0.29, 0.717) is 11.4 Å². The number of thiocarbonyl (C=S) groups is 1. The molecule has 20 heavy (non-hydrogen) atoms. The van der Waals surface area contributed by atoms with Crippen LogP contribution in [0.15, 0.2) is 42.7 Å². The summed E-state index contributed by atoms with van der Waals surface area (Å²) in [6.07, 6.45) is 4.31. The molecule has 0 radical (unpaired) electrons. The van der Waals surface area contributed by atoms with Crippen molar-refractivity contribution in [2.24, 2.45) is 5.73 Å². The smallest absolute Gasteiger partial charge is 0.137 e. The Morgan fingerprint density at radius 1 is 1.30 bits per heavy atom. The minimum Gasteiger partial charge on any atom is -0.393 e. The zero-order valence-corrected chi connectivity index (χ0v) is 11.9. The Kier molecular flexibility index (Phi) is 3.20. The standard InChI is InChI=1S/C15H14N4S/c1-10-5-6-14-18-15(11-4-2-3-7-17-11)12(8-13(16)20)19(14)9-10/h2-7,9H,8H2,1H3,(H2,16,20). The highest BCUT2D eigenvalue weighted by molar-refractivity contribution is 7.80. The first kappa shape index (κ1) is 12.7. The van der Waals surface area contributed by atoms with Gasteiger partial charge >= 0.3 is 0 Å². The van der Waals surface area contributed by atoms with Gasteiger partial charge < -0.3 is 10.1 Å². The molecule has 0 aliphatic rings. The van der Waals surface area contributed by atoms with Crippen molar-refractivity contribution in [1.29, 1.82) is 0 Å². The molecular weight excluding hydrogens is 268 g/mol. The van der Waals surface area contributed by atoms with E-state index < -0.39 is 0 Å². The van der Waals surface area contributed by atoms with E-state index in [1.807, 2.05) is 47.9 Å². The number of hydrogen-bond donors (Lipinski definition) is 1. The Hall–Kier alpha value is -2.27. The summed E-state index contributed by atoms with van der Waals surface area (Å²) < 4.78 is 2.04. The molecule has 0 aromatic carbocycles. The van der Waals surface area contributed by atoms with Crippen molar-refractivity contribution in [3.05, 3.63) is 54.0 Å². The molecule has 5 heteroatoms. The van der Waals surface area contributed by atoms with Gasteiger partial charge in [0, 0.05) is 18.8 Å². The van der Waals surface area contributed by atoms with E-state index in [2.05, 4.69) is 9.97 Å². The lowest BCUT2D eigenvalue weighted by Crippen LogP contribution is -2.13. The van der Waals surface area contributed by atoms with Gasteiger partial charge in [-0.15, -0.1) is 0 Å². The topological polar surface area (TPSA) is 56.2 Å². The zero-order chi connectivity index (χ0) is 14.1. The molecule has 0 atom stereocenters. The van der Waals surface area contributed by atoms with Gasteiger partial charge in [0.2, 0.25) is 0 Å². The van der Waals surface area contributed by atoms with E-state index in [0.717, 1.165) is 28.3 Å². The third-order valence-corrected chi connectivity index (χ3v) is 3.26. The fraction of sp³-hybridized carbons (Fsp3) is 0.133.